The van der Waals surface area contributed by atoms with Crippen molar-refractivity contribution in [3.8, 4) is 0 Å². The predicted molar refractivity (Wildman–Crippen MR) is 81.6 cm³/mol. The van der Waals surface area contributed by atoms with Crippen molar-refractivity contribution in [2.24, 2.45) is 0 Å². The van der Waals surface area contributed by atoms with Crippen LogP contribution >= 0.6 is 31.9 Å². The van der Waals surface area contributed by atoms with E-state index in [1.807, 2.05) is 12.3 Å². The van der Waals surface area contributed by atoms with Crippen molar-refractivity contribution in [1.29, 1.82) is 0 Å². The lowest BCUT2D eigenvalue weighted by Gasteiger charge is -2.19. The van der Waals surface area contributed by atoms with Crippen LogP contribution in [-0.2, 0) is 6.54 Å². The van der Waals surface area contributed by atoms with Gasteiger partial charge in [0.05, 0.1) is 5.69 Å². The first-order valence-electron chi connectivity index (χ1n) is 6.45. The minimum Gasteiger partial charge on any atom is -0.310 e. The second-order valence-electron chi connectivity index (χ2n) is 4.62. The maximum absolute atomic E-state index is 4.39. The molecular weight excluding hydrogens is 358 g/mol. The molecule has 0 amide bonds. The van der Waals surface area contributed by atoms with Crippen molar-refractivity contribution < 1.29 is 0 Å². The van der Waals surface area contributed by atoms with Crippen molar-refractivity contribution in [3.63, 3.8) is 0 Å². The number of nitrogens with one attached hydrogen (secondary N) is 1. The molecule has 1 aliphatic rings. The number of pyridine rings is 1. The molecule has 0 aliphatic heterocycles. The minimum atomic E-state index is 0.816. The predicted octanol–water partition coefficient (Wildman–Crippen LogP) is 3.18. The molecule has 0 atom stereocenters. The summed E-state index contributed by atoms with van der Waals surface area (Å²) in [4.78, 5) is 6.94. The topological polar surface area (TPSA) is 28.2 Å². The Morgan fingerprint density at radius 2 is 2.22 bits per heavy atom. The van der Waals surface area contributed by atoms with Gasteiger partial charge < -0.3 is 5.32 Å². The van der Waals surface area contributed by atoms with Crippen LogP contribution in [-0.4, -0.2) is 35.6 Å². The van der Waals surface area contributed by atoms with Gasteiger partial charge in [0.1, 0.15) is 0 Å². The van der Waals surface area contributed by atoms with Crippen LogP contribution in [0.3, 0.4) is 0 Å². The van der Waals surface area contributed by atoms with Crippen LogP contribution < -0.4 is 5.32 Å². The summed E-state index contributed by atoms with van der Waals surface area (Å²) in [5, 5.41) is 3.46. The molecule has 0 bridgehead atoms. The van der Waals surface area contributed by atoms with Crippen LogP contribution in [0, 0.1) is 0 Å². The Morgan fingerprint density at radius 3 is 2.83 bits per heavy atom. The summed E-state index contributed by atoms with van der Waals surface area (Å²) in [7, 11) is 0. The Hall–Kier alpha value is 0.0300. The molecule has 1 saturated carbocycles. The first-order valence-corrected chi connectivity index (χ1v) is 8.04. The molecule has 100 valence electrons. The molecule has 0 radical (unpaired) electrons. The van der Waals surface area contributed by atoms with E-state index >= 15 is 0 Å². The zero-order valence-corrected chi connectivity index (χ0v) is 13.8. The van der Waals surface area contributed by atoms with Crippen molar-refractivity contribution in [3.05, 3.63) is 26.9 Å². The van der Waals surface area contributed by atoms with Gasteiger partial charge in [0, 0.05) is 40.8 Å². The summed E-state index contributed by atoms with van der Waals surface area (Å²) in [6.45, 7) is 6.37. The number of hydrogen-bond acceptors (Lipinski definition) is 3. The molecule has 1 fully saturated rings. The third-order valence-electron chi connectivity index (χ3n) is 3.22. The zero-order chi connectivity index (χ0) is 13.0. The quantitative estimate of drug-likeness (QED) is 0.740. The molecule has 1 heterocycles. The van der Waals surface area contributed by atoms with Gasteiger partial charge in [0.2, 0.25) is 0 Å². The number of halogens is 2. The Balaban J connectivity index is 1.71. The van der Waals surface area contributed by atoms with Crippen LogP contribution in [0.25, 0.3) is 0 Å². The van der Waals surface area contributed by atoms with Crippen molar-refractivity contribution in [1.82, 2.24) is 15.2 Å². The Morgan fingerprint density at radius 1 is 1.44 bits per heavy atom. The number of nitrogens with zero attached hydrogens (tertiary/aromatic N) is 2. The monoisotopic (exact) mass is 375 g/mol. The van der Waals surface area contributed by atoms with Crippen LogP contribution in [0.15, 0.2) is 21.2 Å². The fraction of sp³-hybridized carbons (Fsp3) is 0.615. The molecule has 18 heavy (non-hydrogen) atoms. The summed E-state index contributed by atoms with van der Waals surface area (Å²) >= 11 is 6.94. The highest BCUT2D eigenvalue weighted by atomic mass is 79.9. The van der Waals surface area contributed by atoms with E-state index < -0.39 is 0 Å². The Kier molecular flexibility index (Phi) is 5.60. The smallest absolute Gasteiger partial charge is 0.0684 e. The molecule has 0 saturated heterocycles. The Bertz CT molecular complexity index is 394. The van der Waals surface area contributed by atoms with Crippen LogP contribution in [0.4, 0.5) is 0 Å². The SMILES string of the molecule is CCN(CCNCc1ncc(Br)cc1Br)C1CC1. The first-order chi connectivity index (χ1) is 8.70. The van der Waals surface area contributed by atoms with E-state index in [4.69, 9.17) is 0 Å². The van der Waals surface area contributed by atoms with Crippen LogP contribution in [0.5, 0.6) is 0 Å². The largest absolute Gasteiger partial charge is 0.310 e. The highest BCUT2D eigenvalue weighted by molar-refractivity contribution is 9.11. The van der Waals surface area contributed by atoms with E-state index in [0.29, 0.717) is 0 Å². The lowest BCUT2D eigenvalue weighted by molar-refractivity contribution is 0.276. The molecule has 5 heteroatoms. The molecule has 0 aromatic carbocycles. The highest BCUT2D eigenvalue weighted by Crippen LogP contribution is 2.25. The Labute approximate surface area is 126 Å². The lowest BCUT2D eigenvalue weighted by atomic mass is 10.3. The summed E-state index contributed by atoms with van der Waals surface area (Å²) in [6, 6.07) is 2.89. The van der Waals surface area contributed by atoms with Gasteiger partial charge in [-0.05, 0) is 57.3 Å². The molecular formula is C13H19Br2N3. The van der Waals surface area contributed by atoms with E-state index in [0.717, 1.165) is 46.9 Å². The van der Waals surface area contributed by atoms with Gasteiger partial charge in [-0.25, -0.2) is 0 Å². The van der Waals surface area contributed by atoms with E-state index in [-0.39, 0.29) is 0 Å². The normalized spacial score (nSPS) is 15.3. The molecule has 1 N–H and O–H groups in total. The molecule has 1 aromatic heterocycles. The molecule has 0 unspecified atom stereocenters. The molecule has 3 nitrogen and oxygen atoms in total. The molecule has 2 rings (SSSR count). The van der Waals surface area contributed by atoms with Gasteiger partial charge in [-0.3, -0.25) is 9.88 Å². The summed E-state index contributed by atoms with van der Waals surface area (Å²) in [5.74, 6) is 0. The lowest BCUT2D eigenvalue weighted by Crippen LogP contribution is -2.33. The maximum Gasteiger partial charge on any atom is 0.0684 e. The van der Waals surface area contributed by atoms with E-state index in [1.54, 1.807) is 0 Å². The van der Waals surface area contributed by atoms with E-state index in [2.05, 4.69) is 54.0 Å². The number of likely N-dealkylation sites (N-methyl/N-ethyl adjacent to an activating group) is 1. The van der Waals surface area contributed by atoms with E-state index in [9.17, 15) is 0 Å². The third-order valence-corrected chi connectivity index (χ3v) is 4.34. The van der Waals surface area contributed by atoms with Gasteiger partial charge >= 0.3 is 0 Å². The number of aromatic nitrogens is 1. The number of rotatable bonds is 7. The minimum absolute atomic E-state index is 0.816. The first kappa shape index (κ1) is 14.4. The molecule has 1 aliphatic carbocycles. The number of hydrogen-bond donors (Lipinski definition) is 1. The molecule has 0 spiro atoms. The maximum atomic E-state index is 4.39. The molecule has 1 aromatic rings. The van der Waals surface area contributed by atoms with Gasteiger partial charge in [0.25, 0.3) is 0 Å². The second kappa shape index (κ2) is 6.98. The third kappa shape index (κ3) is 4.30. The van der Waals surface area contributed by atoms with E-state index in [1.165, 1.54) is 12.8 Å². The summed E-state index contributed by atoms with van der Waals surface area (Å²) in [6.07, 6.45) is 4.60. The summed E-state index contributed by atoms with van der Waals surface area (Å²) < 4.78 is 2.06. The van der Waals surface area contributed by atoms with Gasteiger partial charge in [-0.15, -0.1) is 0 Å². The zero-order valence-electron chi connectivity index (χ0n) is 10.6. The van der Waals surface area contributed by atoms with Crippen molar-refractivity contribution >= 4 is 31.9 Å². The standard InChI is InChI=1S/C13H19Br2N3/c1-2-18(11-3-4-11)6-5-16-9-13-12(15)7-10(14)8-17-13/h7-8,11,16H,2-6,9H2,1H3. The average molecular weight is 377 g/mol. The van der Waals surface area contributed by atoms with Crippen molar-refractivity contribution in [2.75, 3.05) is 19.6 Å². The van der Waals surface area contributed by atoms with Crippen LogP contribution in [0.2, 0.25) is 0 Å². The average Bonchev–Trinajstić information content (AvgIpc) is 3.16. The van der Waals surface area contributed by atoms with Gasteiger partial charge in [-0.1, -0.05) is 6.92 Å². The van der Waals surface area contributed by atoms with Gasteiger partial charge in [0.15, 0.2) is 0 Å². The van der Waals surface area contributed by atoms with Crippen molar-refractivity contribution in [2.45, 2.75) is 32.4 Å². The second-order valence-corrected chi connectivity index (χ2v) is 6.39. The highest BCUT2D eigenvalue weighted by Gasteiger charge is 2.26. The fourth-order valence-corrected chi connectivity index (χ4v) is 3.17. The van der Waals surface area contributed by atoms with Gasteiger partial charge in [-0.2, -0.15) is 0 Å². The summed E-state index contributed by atoms with van der Waals surface area (Å²) in [5.41, 5.74) is 1.06. The van der Waals surface area contributed by atoms with Crippen LogP contribution in [0.1, 0.15) is 25.5 Å². The fourth-order valence-electron chi connectivity index (χ4n) is 2.04.